The van der Waals surface area contributed by atoms with Crippen LogP contribution in [-0.2, 0) is 40.5 Å². The zero-order valence-electron chi connectivity index (χ0n) is 23.9. The van der Waals surface area contributed by atoms with Gasteiger partial charge in [0.15, 0.2) is 23.0 Å². The summed E-state index contributed by atoms with van der Waals surface area (Å²) in [4.78, 5) is 38.9. The molecule has 216 valence electrons. The molecule has 0 unspecified atom stereocenters. The maximum atomic E-state index is 12.5. The van der Waals surface area contributed by atoms with E-state index in [1.54, 1.807) is 24.0 Å². The summed E-state index contributed by atoms with van der Waals surface area (Å²) in [5.74, 6) is 2.40. The first kappa shape index (κ1) is 29.0. The van der Waals surface area contributed by atoms with E-state index < -0.39 is 5.60 Å². The van der Waals surface area contributed by atoms with Gasteiger partial charge in [0, 0.05) is 45.4 Å². The van der Waals surface area contributed by atoms with Gasteiger partial charge < -0.3 is 33.4 Å². The lowest BCUT2D eigenvalue weighted by Gasteiger charge is -2.24. The van der Waals surface area contributed by atoms with Crippen LogP contribution in [0.25, 0.3) is 0 Å². The Balaban J connectivity index is 1.30. The van der Waals surface area contributed by atoms with Gasteiger partial charge in [-0.15, -0.1) is 0 Å². The van der Waals surface area contributed by atoms with Crippen LogP contribution in [0.15, 0.2) is 24.3 Å². The van der Waals surface area contributed by atoms with Gasteiger partial charge in [-0.05, 0) is 67.3 Å². The molecule has 0 fully saturated rings. The Hall–Kier alpha value is -3.95. The Bertz CT molecular complexity index is 1250. The van der Waals surface area contributed by atoms with Crippen LogP contribution in [0.5, 0.6) is 23.0 Å². The Morgan fingerprint density at radius 3 is 1.65 bits per heavy atom. The molecule has 4 rings (SSSR count). The third-order valence-electron chi connectivity index (χ3n) is 6.70. The number of benzene rings is 2. The number of carbonyl (C=O) groups excluding carboxylic acids is 3. The molecular weight excluding hydrogens is 516 g/mol. The van der Waals surface area contributed by atoms with Crippen molar-refractivity contribution in [3.05, 3.63) is 46.5 Å². The summed E-state index contributed by atoms with van der Waals surface area (Å²) in [5.41, 5.74) is 3.47. The number of hydrogen-bond acceptors (Lipinski definition) is 8. The molecule has 2 aliphatic heterocycles. The third-order valence-corrected chi connectivity index (χ3v) is 6.70. The molecular formula is C30H38N2O8. The van der Waals surface area contributed by atoms with Crippen molar-refractivity contribution in [3.63, 3.8) is 0 Å². The monoisotopic (exact) mass is 554 g/mol. The van der Waals surface area contributed by atoms with E-state index >= 15 is 0 Å². The average molecular weight is 555 g/mol. The molecule has 0 aliphatic carbocycles. The van der Waals surface area contributed by atoms with Gasteiger partial charge in [-0.1, -0.05) is 0 Å². The van der Waals surface area contributed by atoms with Crippen molar-refractivity contribution in [2.24, 2.45) is 0 Å². The molecule has 2 amide bonds. The fourth-order valence-corrected chi connectivity index (χ4v) is 4.75. The van der Waals surface area contributed by atoms with E-state index in [-0.39, 0.29) is 24.8 Å². The Kier molecular flexibility index (Phi) is 9.07. The number of rotatable bonds is 11. The van der Waals surface area contributed by atoms with Gasteiger partial charge >= 0.3 is 6.09 Å². The van der Waals surface area contributed by atoms with Gasteiger partial charge in [0.1, 0.15) is 11.9 Å². The molecule has 0 radical (unpaired) electrons. The molecule has 0 atom stereocenters. The maximum Gasteiger partial charge on any atom is 0.410 e. The largest absolute Gasteiger partial charge is 0.493 e. The Morgan fingerprint density at radius 2 is 1.23 bits per heavy atom. The van der Waals surface area contributed by atoms with Crippen molar-refractivity contribution in [1.82, 2.24) is 9.80 Å². The van der Waals surface area contributed by atoms with E-state index in [0.29, 0.717) is 68.8 Å². The molecule has 0 saturated heterocycles. The number of nitrogens with zero attached hydrogens (tertiary/aromatic N) is 2. The molecule has 10 heteroatoms. The van der Waals surface area contributed by atoms with Crippen LogP contribution in [0.2, 0.25) is 0 Å². The van der Waals surface area contributed by atoms with Crippen LogP contribution in [0.3, 0.4) is 0 Å². The van der Waals surface area contributed by atoms with Crippen molar-refractivity contribution in [3.8, 4) is 23.0 Å². The van der Waals surface area contributed by atoms with Crippen molar-refractivity contribution < 1.29 is 38.1 Å². The van der Waals surface area contributed by atoms with Crippen LogP contribution in [0.4, 0.5) is 4.79 Å². The van der Waals surface area contributed by atoms with E-state index in [1.165, 1.54) is 0 Å². The minimum Gasteiger partial charge on any atom is -0.493 e. The van der Waals surface area contributed by atoms with Crippen LogP contribution in [0, 0.1) is 0 Å². The summed E-state index contributed by atoms with van der Waals surface area (Å²) in [7, 11) is 3.18. The highest BCUT2D eigenvalue weighted by Gasteiger charge is 2.29. The van der Waals surface area contributed by atoms with Crippen molar-refractivity contribution >= 4 is 18.3 Å². The van der Waals surface area contributed by atoms with Crippen molar-refractivity contribution in [1.29, 1.82) is 0 Å². The first-order valence-corrected chi connectivity index (χ1v) is 13.5. The van der Waals surface area contributed by atoms with Gasteiger partial charge in [-0.25, -0.2) is 4.79 Å². The second kappa shape index (κ2) is 12.5. The lowest BCUT2D eigenvalue weighted by atomic mass is 10.1. The first-order valence-electron chi connectivity index (χ1n) is 13.5. The molecule has 2 heterocycles. The number of carbonyl (C=O) groups is 3. The fourth-order valence-electron chi connectivity index (χ4n) is 4.75. The lowest BCUT2D eigenvalue weighted by molar-refractivity contribution is -0.132. The van der Waals surface area contributed by atoms with Crippen LogP contribution in [-0.4, -0.2) is 61.1 Å². The molecule has 2 aromatic carbocycles. The predicted molar refractivity (Wildman–Crippen MR) is 147 cm³/mol. The quantitative estimate of drug-likeness (QED) is 0.293. The van der Waals surface area contributed by atoms with Crippen molar-refractivity contribution in [2.75, 3.05) is 27.4 Å². The Morgan fingerprint density at radius 1 is 0.775 bits per heavy atom. The highest BCUT2D eigenvalue weighted by molar-refractivity contribution is 5.79. The van der Waals surface area contributed by atoms with Gasteiger partial charge in [-0.3, -0.25) is 9.69 Å². The van der Waals surface area contributed by atoms with E-state index in [1.807, 2.05) is 45.0 Å². The highest BCUT2D eigenvalue weighted by Crippen LogP contribution is 2.37. The molecule has 2 aromatic rings. The van der Waals surface area contributed by atoms with E-state index in [2.05, 4.69) is 0 Å². The average Bonchev–Trinajstić information content (AvgIpc) is 3.53. The predicted octanol–water partition coefficient (Wildman–Crippen LogP) is 4.62. The molecule has 10 nitrogen and oxygen atoms in total. The molecule has 40 heavy (non-hydrogen) atoms. The minimum absolute atomic E-state index is 0.0404. The van der Waals surface area contributed by atoms with Crippen LogP contribution < -0.4 is 18.9 Å². The summed E-state index contributed by atoms with van der Waals surface area (Å²) in [6.45, 7) is 8.24. The van der Waals surface area contributed by atoms with Gasteiger partial charge in [0.05, 0.1) is 27.4 Å². The normalized spacial score (nSPS) is 13.9. The third kappa shape index (κ3) is 6.97. The molecule has 0 aromatic heterocycles. The van der Waals surface area contributed by atoms with Crippen LogP contribution >= 0.6 is 0 Å². The zero-order valence-corrected chi connectivity index (χ0v) is 23.9. The molecule has 2 aliphatic rings. The number of aldehydes is 1. The minimum atomic E-state index is -0.555. The molecule has 0 spiro atoms. The van der Waals surface area contributed by atoms with Gasteiger partial charge in [-0.2, -0.15) is 0 Å². The number of ether oxygens (including phenoxy) is 5. The fraction of sp³-hybridized carbons (Fsp3) is 0.500. The number of amides is 2. The second-order valence-corrected chi connectivity index (χ2v) is 10.9. The Labute approximate surface area is 235 Å². The highest BCUT2D eigenvalue weighted by atomic mass is 16.6. The number of fused-ring (bicyclic) bond motifs is 2. The van der Waals surface area contributed by atoms with Gasteiger partial charge in [0.2, 0.25) is 5.91 Å². The second-order valence-electron chi connectivity index (χ2n) is 10.9. The summed E-state index contributed by atoms with van der Waals surface area (Å²) in [6, 6.07) is 7.66. The lowest BCUT2D eigenvalue weighted by Crippen LogP contribution is -2.33. The van der Waals surface area contributed by atoms with Gasteiger partial charge in [0.25, 0.3) is 0 Å². The topological polar surface area (TPSA) is 104 Å². The van der Waals surface area contributed by atoms with Crippen LogP contribution in [0.1, 0.15) is 62.3 Å². The van der Waals surface area contributed by atoms with E-state index in [0.717, 1.165) is 28.5 Å². The number of hydrogen-bond donors (Lipinski definition) is 0. The summed E-state index contributed by atoms with van der Waals surface area (Å²) in [6.07, 6.45) is 1.48. The number of methoxy groups -OCH3 is 2. The van der Waals surface area contributed by atoms with E-state index in [4.69, 9.17) is 23.7 Å². The molecule has 0 bridgehead atoms. The smallest absolute Gasteiger partial charge is 0.410 e. The maximum absolute atomic E-state index is 12.5. The summed E-state index contributed by atoms with van der Waals surface area (Å²) in [5, 5.41) is 0. The first-order chi connectivity index (χ1) is 19.1. The zero-order chi connectivity index (χ0) is 28.9. The molecule has 0 N–H and O–H groups in total. The standard InChI is InChI=1S/C30H38N2O8/c1-30(2,3)40-29(35)32-18-21-13-25(37-5)27(15-23(21)19-32)39-11-7-10-38-26-14-22-17-31(28(34)8-6-9-33)16-20(22)12-24(26)36-4/h9,12-15H,6-8,10-11,16-19H2,1-5H3. The SMILES string of the molecule is COc1cc2c(cc1OCCCOc1cc3c(cc1OC)CN(C(=O)OC(C)(C)C)C3)CN(C(=O)CCC=O)C2. The summed E-state index contributed by atoms with van der Waals surface area (Å²) < 4.78 is 28.6. The molecule has 0 saturated carbocycles. The summed E-state index contributed by atoms with van der Waals surface area (Å²) >= 11 is 0. The van der Waals surface area contributed by atoms with Crippen molar-refractivity contribution in [2.45, 2.75) is 71.8 Å². The van der Waals surface area contributed by atoms with E-state index in [9.17, 15) is 14.4 Å².